The quantitative estimate of drug-likeness (QED) is 0.722. The minimum atomic E-state index is -0.0720. The Morgan fingerprint density at radius 1 is 1.26 bits per heavy atom. The summed E-state index contributed by atoms with van der Waals surface area (Å²) in [7, 11) is 3.23. The number of hydrogen-bond donors (Lipinski definition) is 0. The molecule has 0 N–H and O–H groups in total. The van der Waals surface area contributed by atoms with Crippen molar-refractivity contribution in [2.75, 3.05) is 20.0 Å². The first-order valence-electron chi connectivity index (χ1n) is 8.99. The van der Waals surface area contributed by atoms with Crippen LogP contribution in [0, 0.1) is 0 Å². The predicted octanol–water partition coefficient (Wildman–Crippen LogP) is 4.73. The van der Waals surface area contributed by atoms with E-state index >= 15 is 0 Å². The first-order valence-corrected chi connectivity index (χ1v) is 10.4. The van der Waals surface area contributed by atoms with Crippen LogP contribution in [0.15, 0.2) is 41.5 Å². The van der Waals surface area contributed by atoms with E-state index in [0.29, 0.717) is 22.6 Å². The van der Waals surface area contributed by atoms with Gasteiger partial charge in [0, 0.05) is 18.0 Å². The van der Waals surface area contributed by atoms with Crippen LogP contribution in [-0.2, 0) is 0 Å². The van der Waals surface area contributed by atoms with Gasteiger partial charge in [-0.2, -0.15) is 0 Å². The fourth-order valence-corrected chi connectivity index (χ4v) is 5.45. The molecule has 0 radical (unpaired) electrons. The number of hydrogen-bond acceptors (Lipinski definition) is 6. The van der Waals surface area contributed by atoms with Crippen molar-refractivity contribution in [3.8, 4) is 11.5 Å². The summed E-state index contributed by atoms with van der Waals surface area (Å²) >= 11 is 8.34. The van der Waals surface area contributed by atoms with E-state index in [1.807, 2.05) is 48.3 Å². The smallest absolute Gasteiger partial charge is 0.179 e. The molecule has 1 fully saturated rings. The number of ether oxygens (including phenoxy) is 2. The van der Waals surface area contributed by atoms with Gasteiger partial charge in [0.25, 0.3) is 0 Å². The largest absolute Gasteiger partial charge is 0.493 e. The third kappa shape index (κ3) is 3.15. The summed E-state index contributed by atoms with van der Waals surface area (Å²) in [5, 5.41) is 1.63. The van der Waals surface area contributed by atoms with Gasteiger partial charge in [0.05, 0.1) is 31.0 Å². The van der Waals surface area contributed by atoms with Gasteiger partial charge in [0.2, 0.25) is 0 Å². The molecule has 0 spiro atoms. The zero-order valence-corrected chi connectivity index (χ0v) is 17.1. The Morgan fingerprint density at radius 3 is 2.78 bits per heavy atom. The molecule has 7 heteroatoms. The van der Waals surface area contributed by atoms with E-state index < -0.39 is 0 Å². The second-order valence-electron chi connectivity index (χ2n) is 6.57. The monoisotopic (exact) mass is 403 g/mol. The average Bonchev–Trinajstić information content (AvgIpc) is 3.26. The minimum Gasteiger partial charge on any atom is -0.493 e. The van der Waals surface area contributed by atoms with Crippen LogP contribution in [0.4, 0.5) is 0 Å². The number of pyridine rings is 1. The van der Waals surface area contributed by atoms with Crippen molar-refractivity contribution in [1.82, 2.24) is 9.88 Å². The number of aliphatic imine (C=N–C) groups is 1. The molecule has 0 amide bonds. The summed E-state index contributed by atoms with van der Waals surface area (Å²) < 4.78 is 10.9. The Labute approximate surface area is 168 Å². The number of amidine groups is 1. The Hall–Kier alpha value is -1.92. The van der Waals surface area contributed by atoms with E-state index in [9.17, 15) is 0 Å². The van der Waals surface area contributed by atoms with Gasteiger partial charge in [-0.25, -0.2) is 0 Å². The molecule has 0 saturated carbocycles. The van der Waals surface area contributed by atoms with Gasteiger partial charge < -0.3 is 14.4 Å². The number of benzene rings is 1. The molecular formula is C20H22ClN3O2S. The standard InChI is InChI=1S/C20H22ClN3O2S/c1-4-13-11-27-20-23-17(15-7-5-6-8-22-15)18(24(13)20)12-9-14(21)19(26-3)16(10-12)25-2/h5-10,13,17-18H,4,11H2,1-3H3/t13-,17-,18-/m1/s1. The average molecular weight is 404 g/mol. The molecule has 0 aliphatic carbocycles. The molecule has 142 valence electrons. The van der Waals surface area contributed by atoms with Crippen molar-refractivity contribution in [2.45, 2.75) is 31.5 Å². The Bertz CT molecular complexity index is 862. The summed E-state index contributed by atoms with van der Waals surface area (Å²) in [5.41, 5.74) is 2.03. The van der Waals surface area contributed by atoms with Crippen molar-refractivity contribution >= 4 is 28.5 Å². The van der Waals surface area contributed by atoms with Crippen molar-refractivity contribution in [3.63, 3.8) is 0 Å². The lowest BCUT2D eigenvalue weighted by Gasteiger charge is -2.32. The molecule has 0 bridgehead atoms. The van der Waals surface area contributed by atoms with Crippen LogP contribution in [0.2, 0.25) is 5.02 Å². The van der Waals surface area contributed by atoms with E-state index in [4.69, 9.17) is 26.1 Å². The van der Waals surface area contributed by atoms with Gasteiger partial charge in [-0.05, 0) is 36.2 Å². The summed E-state index contributed by atoms with van der Waals surface area (Å²) in [6, 6.07) is 10.4. The van der Waals surface area contributed by atoms with Crippen LogP contribution < -0.4 is 9.47 Å². The lowest BCUT2D eigenvalue weighted by atomic mass is 9.95. The van der Waals surface area contributed by atoms with Crippen LogP contribution in [-0.4, -0.2) is 41.1 Å². The Balaban J connectivity index is 1.83. The number of halogens is 1. The highest BCUT2D eigenvalue weighted by Gasteiger charge is 2.45. The summed E-state index contributed by atoms with van der Waals surface area (Å²) in [6.45, 7) is 2.22. The molecule has 2 aliphatic rings. The van der Waals surface area contributed by atoms with Gasteiger partial charge >= 0.3 is 0 Å². The van der Waals surface area contributed by atoms with Crippen LogP contribution in [0.3, 0.4) is 0 Å². The molecule has 1 saturated heterocycles. The maximum Gasteiger partial charge on any atom is 0.179 e. The molecule has 4 rings (SSSR count). The van der Waals surface area contributed by atoms with Gasteiger partial charge in [-0.1, -0.05) is 36.4 Å². The molecule has 2 aromatic rings. The zero-order chi connectivity index (χ0) is 19.0. The summed E-state index contributed by atoms with van der Waals surface area (Å²) in [6.07, 6.45) is 2.89. The van der Waals surface area contributed by atoms with Crippen LogP contribution >= 0.6 is 23.4 Å². The summed E-state index contributed by atoms with van der Waals surface area (Å²) in [4.78, 5) is 12.0. The molecular weight excluding hydrogens is 382 g/mol. The second-order valence-corrected chi connectivity index (χ2v) is 7.97. The number of methoxy groups -OCH3 is 2. The molecule has 3 atom stereocenters. The number of rotatable bonds is 5. The molecule has 1 aromatic carbocycles. The Morgan fingerprint density at radius 2 is 2.11 bits per heavy atom. The highest BCUT2D eigenvalue weighted by atomic mass is 35.5. The number of thioether (sulfide) groups is 1. The third-order valence-corrected chi connectivity index (χ3v) is 6.53. The Kier molecular flexibility index (Phi) is 5.19. The SMILES string of the molecule is CC[C@@H]1CSC2=N[C@H](c3ccccn3)[C@@H](c3cc(Cl)c(OC)c(OC)c3)N21. The van der Waals surface area contributed by atoms with Gasteiger partial charge in [-0.3, -0.25) is 9.98 Å². The first-order chi connectivity index (χ1) is 13.2. The van der Waals surface area contributed by atoms with Crippen LogP contribution in [0.25, 0.3) is 0 Å². The summed E-state index contributed by atoms with van der Waals surface area (Å²) in [5.74, 6) is 2.24. The van der Waals surface area contributed by atoms with Crippen LogP contribution in [0.5, 0.6) is 11.5 Å². The molecule has 2 aliphatic heterocycles. The number of fused-ring (bicyclic) bond motifs is 1. The van der Waals surface area contributed by atoms with Crippen molar-refractivity contribution < 1.29 is 9.47 Å². The molecule has 1 aromatic heterocycles. The van der Waals surface area contributed by atoms with E-state index in [1.165, 1.54) is 0 Å². The van der Waals surface area contributed by atoms with Gasteiger partial charge in [0.1, 0.15) is 6.04 Å². The number of aromatic nitrogens is 1. The van der Waals surface area contributed by atoms with Crippen molar-refractivity contribution in [2.24, 2.45) is 4.99 Å². The lowest BCUT2D eigenvalue weighted by molar-refractivity contribution is 0.254. The van der Waals surface area contributed by atoms with Gasteiger partial charge in [-0.15, -0.1) is 0 Å². The highest BCUT2D eigenvalue weighted by Crippen LogP contribution is 2.50. The molecule has 3 heterocycles. The lowest BCUT2D eigenvalue weighted by Crippen LogP contribution is -2.35. The van der Waals surface area contributed by atoms with Crippen LogP contribution in [0.1, 0.15) is 36.7 Å². The molecule has 5 nitrogen and oxygen atoms in total. The van der Waals surface area contributed by atoms with E-state index in [0.717, 1.165) is 28.6 Å². The zero-order valence-electron chi connectivity index (χ0n) is 15.6. The maximum absolute atomic E-state index is 6.52. The fourth-order valence-electron chi connectivity index (χ4n) is 3.82. The topological polar surface area (TPSA) is 47.0 Å². The molecule has 0 unspecified atom stereocenters. The van der Waals surface area contributed by atoms with E-state index in [-0.39, 0.29) is 12.1 Å². The first kappa shape index (κ1) is 18.4. The van der Waals surface area contributed by atoms with E-state index in [1.54, 1.807) is 14.2 Å². The fraction of sp³-hybridized carbons (Fsp3) is 0.400. The third-order valence-electron chi connectivity index (χ3n) is 5.13. The van der Waals surface area contributed by atoms with Crippen molar-refractivity contribution in [1.29, 1.82) is 0 Å². The van der Waals surface area contributed by atoms with E-state index in [2.05, 4.69) is 16.8 Å². The maximum atomic E-state index is 6.52. The number of nitrogens with zero attached hydrogens (tertiary/aromatic N) is 3. The van der Waals surface area contributed by atoms with Gasteiger partial charge in [0.15, 0.2) is 16.7 Å². The highest BCUT2D eigenvalue weighted by molar-refractivity contribution is 8.14. The normalized spacial score (nSPS) is 23.9. The molecule has 27 heavy (non-hydrogen) atoms. The second kappa shape index (κ2) is 7.60. The predicted molar refractivity (Wildman–Crippen MR) is 110 cm³/mol. The minimum absolute atomic E-state index is 0.0344. The van der Waals surface area contributed by atoms with Crippen molar-refractivity contribution in [3.05, 3.63) is 52.8 Å².